The van der Waals surface area contributed by atoms with Gasteiger partial charge < -0.3 is 15.7 Å². The Labute approximate surface area is 128 Å². The van der Waals surface area contributed by atoms with Crippen molar-refractivity contribution in [2.75, 3.05) is 19.7 Å². The fourth-order valence-corrected chi connectivity index (χ4v) is 2.43. The molecule has 1 rings (SSSR count). The molecule has 0 saturated carbocycles. The lowest BCUT2D eigenvalue weighted by Gasteiger charge is -2.07. The Morgan fingerprint density at radius 2 is 2.10 bits per heavy atom. The zero-order chi connectivity index (χ0) is 15.8. The standard InChI is InChI=1S/C15H20N2O3S/c1-10(2)8-16-14(19)9-17-15(20)13-7-11(3)12(21-13)5-4-6-18/h7,10,18H,6,8-9H2,1-3H3,(H,16,19)(H,17,20). The van der Waals surface area contributed by atoms with Gasteiger partial charge in [-0.05, 0) is 24.5 Å². The summed E-state index contributed by atoms with van der Waals surface area (Å²) in [5, 5.41) is 14.0. The van der Waals surface area contributed by atoms with E-state index in [4.69, 9.17) is 5.11 Å². The third-order valence-electron chi connectivity index (χ3n) is 2.54. The maximum absolute atomic E-state index is 11.9. The van der Waals surface area contributed by atoms with Crippen LogP contribution in [0.2, 0.25) is 0 Å². The number of carbonyl (C=O) groups is 2. The van der Waals surface area contributed by atoms with Crippen LogP contribution in [0.25, 0.3) is 0 Å². The molecule has 0 atom stereocenters. The first-order chi connectivity index (χ1) is 9.93. The minimum Gasteiger partial charge on any atom is -0.384 e. The van der Waals surface area contributed by atoms with E-state index in [0.717, 1.165) is 10.4 Å². The molecule has 3 N–H and O–H groups in total. The summed E-state index contributed by atoms with van der Waals surface area (Å²) in [5.74, 6) is 5.23. The van der Waals surface area contributed by atoms with E-state index in [0.29, 0.717) is 17.3 Å². The molecular weight excluding hydrogens is 288 g/mol. The Morgan fingerprint density at radius 3 is 2.71 bits per heavy atom. The summed E-state index contributed by atoms with van der Waals surface area (Å²) in [6.45, 7) is 6.19. The molecule has 2 amide bonds. The molecule has 1 aromatic heterocycles. The monoisotopic (exact) mass is 308 g/mol. The molecule has 0 aliphatic rings. The van der Waals surface area contributed by atoms with Crippen LogP contribution in [-0.2, 0) is 4.79 Å². The maximum Gasteiger partial charge on any atom is 0.261 e. The van der Waals surface area contributed by atoms with Gasteiger partial charge in [0, 0.05) is 6.54 Å². The van der Waals surface area contributed by atoms with Crippen molar-refractivity contribution in [2.45, 2.75) is 20.8 Å². The number of nitrogens with one attached hydrogen (secondary N) is 2. The Bertz CT molecular complexity index is 567. The SMILES string of the molecule is Cc1cc(C(=O)NCC(=O)NCC(C)C)sc1C#CCO. The van der Waals surface area contributed by atoms with Crippen LogP contribution in [0.5, 0.6) is 0 Å². The molecule has 5 nitrogen and oxygen atoms in total. The van der Waals surface area contributed by atoms with Crippen LogP contribution >= 0.6 is 11.3 Å². The first kappa shape index (κ1) is 17.2. The number of amides is 2. The second kappa shape index (κ2) is 8.45. The van der Waals surface area contributed by atoms with Crippen molar-refractivity contribution in [3.8, 4) is 11.8 Å². The third-order valence-corrected chi connectivity index (χ3v) is 3.69. The fourth-order valence-electron chi connectivity index (χ4n) is 1.47. The predicted octanol–water partition coefficient (Wildman–Crippen LogP) is 0.902. The molecule has 0 unspecified atom stereocenters. The number of hydrogen-bond acceptors (Lipinski definition) is 4. The summed E-state index contributed by atoms with van der Waals surface area (Å²) in [4.78, 5) is 24.7. The van der Waals surface area contributed by atoms with E-state index in [2.05, 4.69) is 22.5 Å². The Morgan fingerprint density at radius 1 is 1.38 bits per heavy atom. The van der Waals surface area contributed by atoms with Gasteiger partial charge in [0.05, 0.1) is 16.3 Å². The summed E-state index contributed by atoms with van der Waals surface area (Å²) < 4.78 is 0. The smallest absolute Gasteiger partial charge is 0.261 e. The van der Waals surface area contributed by atoms with Crippen molar-refractivity contribution >= 4 is 23.2 Å². The second-order valence-corrected chi connectivity index (χ2v) is 6.02. The Hall–Kier alpha value is -1.84. The molecule has 0 fully saturated rings. The summed E-state index contributed by atoms with van der Waals surface area (Å²) in [5.41, 5.74) is 0.885. The highest BCUT2D eigenvalue weighted by Crippen LogP contribution is 2.20. The van der Waals surface area contributed by atoms with E-state index in [1.165, 1.54) is 11.3 Å². The molecule has 114 valence electrons. The molecule has 6 heteroatoms. The predicted molar refractivity (Wildman–Crippen MR) is 83.2 cm³/mol. The maximum atomic E-state index is 11.9. The lowest BCUT2D eigenvalue weighted by atomic mass is 10.2. The quantitative estimate of drug-likeness (QED) is 0.707. The van der Waals surface area contributed by atoms with Crippen LogP contribution in [0.15, 0.2) is 6.07 Å². The number of hydrogen-bond donors (Lipinski definition) is 3. The first-order valence-corrected chi connectivity index (χ1v) is 7.50. The van der Waals surface area contributed by atoms with Gasteiger partial charge in [-0.1, -0.05) is 25.7 Å². The highest BCUT2D eigenvalue weighted by atomic mass is 32.1. The van der Waals surface area contributed by atoms with Crippen molar-refractivity contribution in [3.63, 3.8) is 0 Å². The van der Waals surface area contributed by atoms with Gasteiger partial charge in [0.25, 0.3) is 5.91 Å². The fraction of sp³-hybridized carbons (Fsp3) is 0.467. The third kappa shape index (κ3) is 5.98. The van der Waals surface area contributed by atoms with Crippen LogP contribution in [0.3, 0.4) is 0 Å². The summed E-state index contributed by atoms with van der Waals surface area (Å²) >= 11 is 1.25. The van der Waals surface area contributed by atoms with E-state index in [9.17, 15) is 9.59 Å². The van der Waals surface area contributed by atoms with Crippen molar-refractivity contribution in [1.29, 1.82) is 0 Å². The van der Waals surface area contributed by atoms with E-state index < -0.39 is 0 Å². The molecule has 0 radical (unpaired) electrons. The number of aliphatic hydroxyl groups excluding tert-OH is 1. The van der Waals surface area contributed by atoms with Crippen LogP contribution < -0.4 is 10.6 Å². The van der Waals surface area contributed by atoms with E-state index in [1.54, 1.807) is 6.07 Å². The van der Waals surface area contributed by atoms with Crippen LogP contribution in [0.4, 0.5) is 0 Å². The van der Waals surface area contributed by atoms with Gasteiger partial charge in [-0.25, -0.2) is 0 Å². The van der Waals surface area contributed by atoms with Crippen molar-refractivity contribution < 1.29 is 14.7 Å². The molecule has 0 bridgehead atoms. The zero-order valence-electron chi connectivity index (χ0n) is 12.4. The van der Waals surface area contributed by atoms with E-state index in [1.807, 2.05) is 20.8 Å². The molecule has 0 aliphatic carbocycles. The van der Waals surface area contributed by atoms with Crippen molar-refractivity contribution in [1.82, 2.24) is 10.6 Å². The molecular formula is C15H20N2O3S. The van der Waals surface area contributed by atoms with Gasteiger partial charge in [0.1, 0.15) is 6.61 Å². The van der Waals surface area contributed by atoms with Crippen LogP contribution in [-0.4, -0.2) is 36.6 Å². The highest BCUT2D eigenvalue weighted by Gasteiger charge is 2.12. The molecule has 0 aliphatic heterocycles. The van der Waals surface area contributed by atoms with Gasteiger partial charge in [-0.3, -0.25) is 9.59 Å². The highest BCUT2D eigenvalue weighted by molar-refractivity contribution is 7.14. The molecule has 0 spiro atoms. The van der Waals surface area contributed by atoms with Gasteiger partial charge in [-0.15, -0.1) is 11.3 Å². The Kier molecular flexibility index (Phi) is 6.92. The number of aliphatic hydroxyl groups is 1. The number of thiophene rings is 1. The number of carbonyl (C=O) groups excluding carboxylic acids is 2. The summed E-state index contributed by atoms with van der Waals surface area (Å²) in [6, 6.07) is 1.73. The van der Waals surface area contributed by atoms with Crippen molar-refractivity contribution in [2.24, 2.45) is 5.92 Å². The molecule has 1 aromatic rings. The molecule has 0 saturated heterocycles. The lowest BCUT2D eigenvalue weighted by molar-refractivity contribution is -0.120. The molecule has 0 aromatic carbocycles. The van der Waals surface area contributed by atoms with Gasteiger partial charge in [0.15, 0.2) is 0 Å². The van der Waals surface area contributed by atoms with Crippen LogP contribution in [0.1, 0.15) is 34.0 Å². The normalized spacial score (nSPS) is 9.95. The first-order valence-electron chi connectivity index (χ1n) is 6.69. The molecule has 21 heavy (non-hydrogen) atoms. The topological polar surface area (TPSA) is 78.4 Å². The van der Waals surface area contributed by atoms with Gasteiger partial charge in [0.2, 0.25) is 5.91 Å². The average Bonchev–Trinajstić information content (AvgIpc) is 2.81. The van der Waals surface area contributed by atoms with Crippen LogP contribution in [0, 0.1) is 24.7 Å². The zero-order valence-corrected chi connectivity index (χ0v) is 13.3. The minimum absolute atomic E-state index is 0.0415. The largest absolute Gasteiger partial charge is 0.384 e. The van der Waals surface area contributed by atoms with Crippen molar-refractivity contribution in [3.05, 3.63) is 21.4 Å². The second-order valence-electron chi connectivity index (χ2n) is 4.96. The van der Waals surface area contributed by atoms with Gasteiger partial charge >= 0.3 is 0 Å². The number of aryl methyl sites for hydroxylation is 1. The van der Waals surface area contributed by atoms with E-state index >= 15 is 0 Å². The van der Waals surface area contributed by atoms with E-state index in [-0.39, 0.29) is 25.0 Å². The average molecular weight is 308 g/mol. The number of rotatable bonds is 5. The lowest BCUT2D eigenvalue weighted by Crippen LogP contribution is -2.38. The Balaban J connectivity index is 2.54. The summed E-state index contributed by atoms with van der Waals surface area (Å²) in [6.07, 6.45) is 0. The molecule has 1 heterocycles. The van der Waals surface area contributed by atoms with Gasteiger partial charge in [-0.2, -0.15) is 0 Å². The minimum atomic E-state index is -0.292. The summed E-state index contributed by atoms with van der Waals surface area (Å²) in [7, 11) is 0.